The van der Waals surface area contributed by atoms with E-state index in [1.165, 1.54) is 148 Å². The van der Waals surface area contributed by atoms with Gasteiger partial charge >= 0.3 is 0 Å². The lowest BCUT2D eigenvalue weighted by Crippen LogP contribution is -2.60. The van der Waals surface area contributed by atoms with Gasteiger partial charge < -0.3 is 40.3 Å². The Morgan fingerprint density at radius 2 is 1.04 bits per heavy atom. The first-order valence-corrected chi connectivity index (χ1v) is 22.4. The number of aliphatic hydroxyl groups is 5. The molecule has 1 saturated heterocycles. The second kappa shape index (κ2) is 35.4. The van der Waals surface area contributed by atoms with Crippen LogP contribution in [0.5, 0.6) is 0 Å². The largest absolute Gasteiger partial charge is 0.394 e. The number of aliphatic hydroxyl groups excluding tert-OH is 5. The zero-order valence-electron chi connectivity index (χ0n) is 34.3. The van der Waals surface area contributed by atoms with Gasteiger partial charge in [0, 0.05) is 6.42 Å². The van der Waals surface area contributed by atoms with Gasteiger partial charge in [-0.25, -0.2) is 0 Å². The number of carbonyl (C=O) groups is 1. The second-order valence-corrected chi connectivity index (χ2v) is 15.9. The van der Waals surface area contributed by atoms with Gasteiger partial charge in [-0.05, 0) is 19.3 Å². The summed E-state index contributed by atoms with van der Waals surface area (Å²) in [7, 11) is 0. The van der Waals surface area contributed by atoms with E-state index >= 15 is 0 Å². The lowest BCUT2D eigenvalue weighted by atomic mass is 9.99. The number of unbranched alkanes of at least 4 members (excludes halogenated alkanes) is 27. The molecule has 314 valence electrons. The van der Waals surface area contributed by atoms with Crippen LogP contribution in [0.2, 0.25) is 0 Å². The Bertz CT molecular complexity index is 842. The van der Waals surface area contributed by atoms with Gasteiger partial charge in [0.1, 0.15) is 24.4 Å². The fourth-order valence-electron chi connectivity index (χ4n) is 7.21. The first-order valence-electron chi connectivity index (χ1n) is 22.4. The molecule has 0 aromatic rings. The van der Waals surface area contributed by atoms with E-state index in [1.807, 2.05) is 6.08 Å². The van der Waals surface area contributed by atoms with E-state index in [1.54, 1.807) is 6.08 Å². The van der Waals surface area contributed by atoms with E-state index in [0.29, 0.717) is 6.42 Å². The molecule has 1 heterocycles. The highest BCUT2D eigenvalue weighted by atomic mass is 16.7. The summed E-state index contributed by atoms with van der Waals surface area (Å²) < 4.78 is 11.2. The molecule has 1 fully saturated rings. The van der Waals surface area contributed by atoms with Crippen LogP contribution in [0.25, 0.3) is 0 Å². The van der Waals surface area contributed by atoms with E-state index in [0.717, 1.165) is 38.5 Å². The molecule has 1 aliphatic rings. The topological polar surface area (TPSA) is 149 Å². The van der Waals surface area contributed by atoms with Crippen molar-refractivity contribution in [3.63, 3.8) is 0 Å². The molecule has 0 aliphatic carbocycles. The van der Waals surface area contributed by atoms with Crippen LogP contribution < -0.4 is 5.32 Å². The van der Waals surface area contributed by atoms with Gasteiger partial charge in [0.05, 0.1) is 25.4 Å². The minimum Gasteiger partial charge on any atom is -0.394 e. The molecule has 0 saturated carbocycles. The minimum absolute atomic E-state index is 0.176. The van der Waals surface area contributed by atoms with Crippen LogP contribution in [0.4, 0.5) is 0 Å². The maximum absolute atomic E-state index is 12.9. The molecule has 7 atom stereocenters. The van der Waals surface area contributed by atoms with Gasteiger partial charge in [0.25, 0.3) is 0 Å². The Kier molecular flexibility index (Phi) is 33.3. The van der Waals surface area contributed by atoms with Crippen LogP contribution >= 0.6 is 0 Å². The zero-order valence-corrected chi connectivity index (χ0v) is 34.3. The average molecular weight is 756 g/mol. The molecule has 1 aliphatic heterocycles. The molecule has 9 heteroatoms. The molecule has 0 radical (unpaired) electrons. The van der Waals surface area contributed by atoms with Crippen molar-refractivity contribution >= 4 is 5.91 Å². The highest BCUT2D eigenvalue weighted by Crippen LogP contribution is 2.23. The first kappa shape index (κ1) is 49.9. The maximum atomic E-state index is 12.9. The number of carbonyl (C=O) groups excluding carboxylic acids is 1. The number of rotatable bonds is 37. The number of hydrogen-bond donors (Lipinski definition) is 6. The van der Waals surface area contributed by atoms with Crippen molar-refractivity contribution in [3.05, 3.63) is 12.2 Å². The van der Waals surface area contributed by atoms with E-state index in [4.69, 9.17) is 9.47 Å². The minimum atomic E-state index is -1.56. The van der Waals surface area contributed by atoms with E-state index in [2.05, 4.69) is 19.2 Å². The molecular formula is C44H85NO8. The number of ether oxygens (including phenoxy) is 2. The normalized spacial score (nSPS) is 21.7. The lowest BCUT2D eigenvalue weighted by Gasteiger charge is -2.40. The molecule has 9 nitrogen and oxygen atoms in total. The predicted octanol–water partition coefficient (Wildman–Crippen LogP) is 8.95. The van der Waals surface area contributed by atoms with Crippen molar-refractivity contribution in [2.75, 3.05) is 13.2 Å². The van der Waals surface area contributed by atoms with Crippen LogP contribution in [0.3, 0.4) is 0 Å². The van der Waals surface area contributed by atoms with Gasteiger partial charge in [-0.1, -0.05) is 193 Å². The van der Waals surface area contributed by atoms with Crippen LogP contribution in [0, 0.1) is 0 Å². The van der Waals surface area contributed by atoms with Crippen molar-refractivity contribution < 1.29 is 39.8 Å². The van der Waals surface area contributed by atoms with Crippen LogP contribution in [-0.2, 0) is 14.3 Å². The standard InChI is InChI=1S/C44H85NO8/c1-3-5-7-9-11-13-15-16-17-18-19-20-21-22-23-24-26-28-30-32-34-40(48)45-37(36-52-44-43(51)42(50)41(49)39(35-46)53-44)38(47)33-31-29-27-25-14-12-10-8-6-4-2/h31,33,37-39,41-44,46-47,49-51H,3-30,32,34-36H2,1-2H3,(H,45,48)/b33-31+/t37-,38+,39-,41-,42?,43?,44-/m0/s1. The van der Waals surface area contributed by atoms with Crippen LogP contribution in [-0.4, -0.2) is 87.5 Å². The quantitative estimate of drug-likeness (QED) is 0.0272. The Hall–Kier alpha value is -1.07. The summed E-state index contributed by atoms with van der Waals surface area (Å²) >= 11 is 0. The summed E-state index contributed by atoms with van der Waals surface area (Å²) in [6, 6.07) is -0.796. The molecule has 53 heavy (non-hydrogen) atoms. The molecule has 0 bridgehead atoms. The molecule has 0 spiro atoms. The average Bonchev–Trinajstić information content (AvgIpc) is 3.16. The van der Waals surface area contributed by atoms with Gasteiger partial charge in [0.15, 0.2) is 6.29 Å². The van der Waals surface area contributed by atoms with Crippen LogP contribution in [0.15, 0.2) is 12.2 Å². The summed E-state index contributed by atoms with van der Waals surface area (Å²) in [5.74, 6) is -0.176. The SMILES string of the molecule is CCCCCCCCCC/C=C/[C@@H](O)[C@H](CO[C@H]1O[C@@H](CO)[C@H](O)C(O)C1O)NC(=O)CCCCCCCCCCCCCCCCCCCCCC. The van der Waals surface area contributed by atoms with Crippen molar-refractivity contribution in [1.82, 2.24) is 5.32 Å². The van der Waals surface area contributed by atoms with Crippen molar-refractivity contribution in [1.29, 1.82) is 0 Å². The monoisotopic (exact) mass is 756 g/mol. The molecular weight excluding hydrogens is 670 g/mol. The number of hydrogen-bond acceptors (Lipinski definition) is 8. The van der Waals surface area contributed by atoms with E-state index < -0.39 is 49.5 Å². The zero-order chi connectivity index (χ0) is 38.8. The Balaban J connectivity index is 2.29. The van der Waals surface area contributed by atoms with Crippen molar-refractivity contribution in [2.24, 2.45) is 0 Å². The number of amides is 1. The maximum Gasteiger partial charge on any atom is 0.220 e. The Morgan fingerprint density at radius 3 is 1.47 bits per heavy atom. The summed E-state index contributed by atoms with van der Waals surface area (Å²) in [5, 5.41) is 54.0. The van der Waals surface area contributed by atoms with Crippen molar-refractivity contribution in [2.45, 2.75) is 249 Å². The predicted molar refractivity (Wildman–Crippen MR) is 217 cm³/mol. The van der Waals surface area contributed by atoms with Gasteiger partial charge in [0.2, 0.25) is 5.91 Å². The smallest absolute Gasteiger partial charge is 0.220 e. The third kappa shape index (κ3) is 26.4. The molecule has 1 amide bonds. The lowest BCUT2D eigenvalue weighted by molar-refractivity contribution is -0.302. The summed E-state index contributed by atoms with van der Waals surface area (Å²) in [4.78, 5) is 12.9. The summed E-state index contributed by atoms with van der Waals surface area (Å²) in [5.41, 5.74) is 0. The first-order chi connectivity index (χ1) is 25.8. The molecule has 0 aromatic heterocycles. The van der Waals surface area contributed by atoms with Crippen LogP contribution in [0.1, 0.15) is 206 Å². The highest BCUT2D eigenvalue weighted by molar-refractivity contribution is 5.76. The summed E-state index contributed by atoms with van der Waals surface area (Å²) in [6.07, 6.45) is 32.6. The fraction of sp³-hybridized carbons (Fsp3) is 0.932. The van der Waals surface area contributed by atoms with Gasteiger partial charge in [-0.2, -0.15) is 0 Å². The Morgan fingerprint density at radius 1 is 0.623 bits per heavy atom. The third-order valence-corrected chi connectivity index (χ3v) is 10.9. The van der Waals surface area contributed by atoms with Crippen molar-refractivity contribution in [3.8, 4) is 0 Å². The Labute approximate surface area is 325 Å². The molecule has 0 aromatic carbocycles. The van der Waals surface area contributed by atoms with E-state index in [9.17, 15) is 30.3 Å². The van der Waals surface area contributed by atoms with E-state index in [-0.39, 0.29) is 12.5 Å². The summed E-state index contributed by atoms with van der Waals surface area (Å²) in [6.45, 7) is 3.76. The molecule has 1 rings (SSSR count). The molecule has 2 unspecified atom stereocenters. The molecule has 6 N–H and O–H groups in total. The second-order valence-electron chi connectivity index (χ2n) is 15.9. The third-order valence-electron chi connectivity index (χ3n) is 10.9. The number of nitrogens with one attached hydrogen (secondary N) is 1. The highest BCUT2D eigenvalue weighted by Gasteiger charge is 2.44. The number of allylic oxidation sites excluding steroid dienone is 1. The van der Waals surface area contributed by atoms with Gasteiger partial charge in [-0.15, -0.1) is 0 Å². The van der Waals surface area contributed by atoms with Gasteiger partial charge in [-0.3, -0.25) is 4.79 Å². The fourth-order valence-corrected chi connectivity index (χ4v) is 7.21.